The maximum atomic E-state index is 5.50. The molecule has 0 spiro atoms. The van der Waals surface area contributed by atoms with Crippen molar-refractivity contribution in [2.45, 2.75) is 34.2 Å². The van der Waals surface area contributed by atoms with Crippen LogP contribution in [0.15, 0.2) is 10.5 Å². The Labute approximate surface area is 112 Å². The van der Waals surface area contributed by atoms with Crippen molar-refractivity contribution in [1.29, 1.82) is 0 Å². The van der Waals surface area contributed by atoms with Gasteiger partial charge >= 0.3 is 0 Å². The quantitative estimate of drug-likeness (QED) is 0.892. The molecule has 2 heterocycles. The van der Waals surface area contributed by atoms with Crippen LogP contribution in [-0.2, 0) is 6.54 Å². The van der Waals surface area contributed by atoms with Crippen molar-refractivity contribution in [1.82, 2.24) is 15.0 Å². The summed E-state index contributed by atoms with van der Waals surface area (Å²) in [5.74, 6) is 3.41. The fourth-order valence-corrected chi connectivity index (χ4v) is 1.63. The molecule has 2 rings (SSSR count). The molecular formula is C13H18N4O2. The van der Waals surface area contributed by atoms with Crippen molar-refractivity contribution >= 4 is 5.82 Å². The van der Waals surface area contributed by atoms with Crippen LogP contribution in [0.2, 0.25) is 0 Å². The number of aromatic nitrogens is 3. The van der Waals surface area contributed by atoms with Crippen LogP contribution in [0, 0.1) is 20.8 Å². The van der Waals surface area contributed by atoms with Crippen LogP contribution >= 0.6 is 0 Å². The third kappa shape index (κ3) is 3.43. The Bertz CT molecular complexity index is 546. The van der Waals surface area contributed by atoms with Gasteiger partial charge in [-0.1, -0.05) is 0 Å². The van der Waals surface area contributed by atoms with Gasteiger partial charge < -0.3 is 14.5 Å². The summed E-state index contributed by atoms with van der Waals surface area (Å²) in [6.07, 6.45) is 0. The third-order valence-corrected chi connectivity index (χ3v) is 2.60. The molecule has 0 radical (unpaired) electrons. The van der Waals surface area contributed by atoms with Gasteiger partial charge in [0.2, 0.25) is 11.8 Å². The first kappa shape index (κ1) is 13.3. The van der Waals surface area contributed by atoms with Gasteiger partial charge in [0.25, 0.3) is 0 Å². The first-order valence-electron chi connectivity index (χ1n) is 6.23. The second-order valence-corrected chi connectivity index (χ2v) is 4.17. The zero-order valence-electron chi connectivity index (χ0n) is 11.6. The van der Waals surface area contributed by atoms with Crippen LogP contribution in [0.25, 0.3) is 0 Å². The first-order chi connectivity index (χ1) is 9.08. The summed E-state index contributed by atoms with van der Waals surface area (Å²) in [6, 6.07) is 1.76. The van der Waals surface area contributed by atoms with Crippen molar-refractivity contribution in [3.63, 3.8) is 0 Å². The lowest BCUT2D eigenvalue weighted by Gasteiger charge is -2.07. The lowest BCUT2D eigenvalue weighted by atomic mass is 10.4. The van der Waals surface area contributed by atoms with Crippen molar-refractivity contribution < 1.29 is 9.15 Å². The van der Waals surface area contributed by atoms with E-state index >= 15 is 0 Å². The predicted octanol–water partition coefficient (Wildman–Crippen LogP) is 2.40. The minimum Gasteiger partial charge on any atom is -0.478 e. The smallest absolute Gasteiger partial charge is 0.218 e. The van der Waals surface area contributed by atoms with Crippen LogP contribution in [0.4, 0.5) is 5.82 Å². The normalized spacial score (nSPS) is 10.5. The summed E-state index contributed by atoms with van der Waals surface area (Å²) in [5.41, 5.74) is 0.908. The highest BCUT2D eigenvalue weighted by atomic mass is 16.5. The highest BCUT2D eigenvalue weighted by molar-refractivity contribution is 5.38. The highest BCUT2D eigenvalue weighted by Gasteiger charge is 2.07. The van der Waals surface area contributed by atoms with E-state index in [2.05, 4.69) is 20.3 Å². The van der Waals surface area contributed by atoms with Crippen molar-refractivity contribution in [2.75, 3.05) is 11.9 Å². The molecule has 0 fully saturated rings. The lowest BCUT2D eigenvalue weighted by Crippen LogP contribution is -2.05. The second kappa shape index (κ2) is 5.69. The number of ether oxygens (including phenoxy) is 1. The SMILES string of the molecule is CCOc1cc(NCc2nc(C)c(C)o2)nc(C)n1. The Morgan fingerprint density at radius 3 is 2.63 bits per heavy atom. The van der Waals surface area contributed by atoms with E-state index in [1.807, 2.05) is 27.7 Å². The maximum absolute atomic E-state index is 5.50. The fourth-order valence-electron chi connectivity index (χ4n) is 1.63. The molecule has 0 saturated heterocycles. The fraction of sp³-hybridized carbons (Fsp3) is 0.462. The number of hydrogen-bond acceptors (Lipinski definition) is 6. The molecule has 6 nitrogen and oxygen atoms in total. The van der Waals surface area contributed by atoms with Gasteiger partial charge in [0.1, 0.15) is 17.4 Å². The van der Waals surface area contributed by atoms with Crippen molar-refractivity contribution in [2.24, 2.45) is 0 Å². The van der Waals surface area contributed by atoms with Crippen LogP contribution in [0.1, 0.15) is 30.1 Å². The average molecular weight is 262 g/mol. The molecule has 0 aliphatic rings. The topological polar surface area (TPSA) is 73.1 Å². The van der Waals surface area contributed by atoms with Crippen LogP contribution in [0.5, 0.6) is 5.88 Å². The minimum absolute atomic E-state index is 0.483. The molecule has 0 aliphatic carbocycles. The van der Waals surface area contributed by atoms with E-state index in [1.54, 1.807) is 6.07 Å². The summed E-state index contributed by atoms with van der Waals surface area (Å²) >= 11 is 0. The first-order valence-corrected chi connectivity index (χ1v) is 6.23. The number of oxazole rings is 1. The van der Waals surface area contributed by atoms with Gasteiger partial charge in [-0.3, -0.25) is 0 Å². The number of rotatable bonds is 5. The van der Waals surface area contributed by atoms with Crippen molar-refractivity contribution in [3.05, 3.63) is 29.2 Å². The molecule has 0 saturated carbocycles. The summed E-state index contributed by atoms with van der Waals surface area (Å²) in [6.45, 7) is 8.62. The minimum atomic E-state index is 0.483. The molecule has 2 aromatic rings. The highest BCUT2D eigenvalue weighted by Crippen LogP contribution is 2.15. The van der Waals surface area contributed by atoms with E-state index < -0.39 is 0 Å². The Balaban J connectivity index is 2.06. The van der Waals surface area contributed by atoms with Gasteiger partial charge in [-0.15, -0.1) is 0 Å². The summed E-state index contributed by atoms with van der Waals surface area (Å²) in [7, 11) is 0. The standard InChI is InChI=1S/C13H18N4O2/c1-5-18-12-6-11(16-10(4)17-12)14-7-13-15-8(2)9(3)19-13/h6H,5,7H2,1-4H3,(H,14,16,17). The number of aryl methyl sites for hydroxylation is 3. The average Bonchev–Trinajstić information content (AvgIpc) is 2.66. The van der Waals surface area contributed by atoms with Gasteiger partial charge in [0.05, 0.1) is 18.8 Å². The zero-order valence-corrected chi connectivity index (χ0v) is 11.6. The number of anilines is 1. The molecule has 102 valence electrons. The molecule has 2 aromatic heterocycles. The van der Waals surface area contributed by atoms with Gasteiger partial charge in [0.15, 0.2) is 0 Å². The van der Waals surface area contributed by atoms with Gasteiger partial charge in [-0.2, -0.15) is 4.98 Å². The zero-order chi connectivity index (χ0) is 13.8. The third-order valence-electron chi connectivity index (χ3n) is 2.60. The van der Waals surface area contributed by atoms with Crippen LogP contribution < -0.4 is 10.1 Å². The molecule has 19 heavy (non-hydrogen) atoms. The predicted molar refractivity (Wildman–Crippen MR) is 71.2 cm³/mol. The molecular weight excluding hydrogens is 244 g/mol. The molecule has 0 bridgehead atoms. The molecule has 6 heteroatoms. The van der Waals surface area contributed by atoms with Crippen LogP contribution in [0.3, 0.4) is 0 Å². The molecule has 1 N–H and O–H groups in total. The number of nitrogens with zero attached hydrogens (tertiary/aromatic N) is 3. The number of hydrogen-bond donors (Lipinski definition) is 1. The van der Waals surface area contributed by atoms with Crippen molar-refractivity contribution in [3.8, 4) is 5.88 Å². The van der Waals surface area contributed by atoms with E-state index in [1.165, 1.54) is 0 Å². The van der Waals surface area contributed by atoms with Gasteiger partial charge in [0, 0.05) is 6.07 Å². The Morgan fingerprint density at radius 2 is 2.00 bits per heavy atom. The molecule has 0 atom stereocenters. The number of nitrogens with one attached hydrogen (secondary N) is 1. The summed E-state index contributed by atoms with van der Waals surface area (Å²) in [5, 5.41) is 3.15. The van der Waals surface area contributed by atoms with Crippen LogP contribution in [-0.4, -0.2) is 21.6 Å². The molecule has 0 amide bonds. The Hall–Kier alpha value is -2.11. The largest absolute Gasteiger partial charge is 0.478 e. The maximum Gasteiger partial charge on any atom is 0.218 e. The van der Waals surface area contributed by atoms with E-state index in [0.29, 0.717) is 36.6 Å². The molecule has 0 aromatic carbocycles. The Kier molecular flexibility index (Phi) is 3.99. The lowest BCUT2D eigenvalue weighted by molar-refractivity contribution is 0.325. The van der Waals surface area contributed by atoms with E-state index in [9.17, 15) is 0 Å². The second-order valence-electron chi connectivity index (χ2n) is 4.17. The van der Waals surface area contributed by atoms with E-state index in [0.717, 1.165) is 11.5 Å². The molecule has 0 aliphatic heterocycles. The van der Waals surface area contributed by atoms with E-state index in [-0.39, 0.29) is 0 Å². The van der Waals surface area contributed by atoms with Gasteiger partial charge in [-0.05, 0) is 27.7 Å². The monoisotopic (exact) mass is 262 g/mol. The van der Waals surface area contributed by atoms with E-state index in [4.69, 9.17) is 9.15 Å². The summed E-state index contributed by atoms with van der Waals surface area (Å²) < 4.78 is 10.9. The summed E-state index contributed by atoms with van der Waals surface area (Å²) in [4.78, 5) is 12.8. The Morgan fingerprint density at radius 1 is 1.21 bits per heavy atom. The molecule has 0 unspecified atom stereocenters. The van der Waals surface area contributed by atoms with Gasteiger partial charge in [-0.25, -0.2) is 9.97 Å².